The van der Waals surface area contributed by atoms with E-state index in [1.54, 1.807) is 10.9 Å². The zero-order valence-electron chi connectivity index (χ0n) is 14.2. The zero-order chi connectivity index (χ0) is 17.6. The number of amides is 1. The fourth-order valence-corrected chi connectivity index (χ4v) is 3.81. The number of carbonyl (C=O) groups excluding carboxylic acids is 1. The third-order valence-electron chi connectivity index (χ3n) is 5.17. The van der Waals surface area contributed by atoms with Gasteiger partial charge in [-0.05, 0) is 18.4 Å². The Hall–Kier alpha value is -2.93. The Balaban J connectivity index is 1.29. The predicted molar refractivity (Wildman–Crippen MR) is 95.0 cm³/mol. The van der Waals surface area contributed by atoms with Crippen molar-refractivity contribution in [1.82, 2.24) is 20.0 Å². The lowest BCUT2D eigenvalue weighted by Gasteiger charge is -2.37. The second-order valence-electron chi connectivity index (χ2n) is 7.24. The Morgan fingerprint density at radius 1 is 1.27 bits per heavy atom. The Kier molecular flexibility index (Phi) is 3.43. The van der Waals surface area contributed by atoms with Gasteiger partial charge in [0, 0.05) is 22.9 Å². The van der Waals surface area contributed by atoms with Crippen molar-refractivity contribution in [3.05, 3.63) is 65.2 Å². The highest BCUT2D eigenvalue weighted by molar-refractivity contribution is 6.04. The molecule has 5 rings (SSSR count). The van der Waals surface area contributed by atoms with E-state index < -0.39 is 0 Å². The number of nitrogens with one attached hydrogen (secondary N) is 2. The molecule has 26 heavy (non-hydrogen) atoms. The number of anilines is 1. The van der Waals surface area contributed by atoms with E-state index in [4.69, 9.17) is 4.74 Å². The van der Waals surface area contributed by atoms with Crippen LogP contribution in [0.15, 0.2) is 42.7 Å². The van der Waals surface area contributed by atoms with E-state index in [2.05, 4.69) is 20.6 Å². The Bertz CT molecular complexity index is 955. The summed E-state index contributed by atoms with van der Waals surface area (Å²) >= 11 is 0. The maximum absolute atomic E-state index is 12.7. The van der Waals surface area contributed by atoms with E-state index in [9.17, 15) is 4.79 Å². The van der Waals surface area contributed by atoms with Crippen molar-refractivity contribution in [2.45, 2.75) is 19.4 Å². The zero-order valence-corrected chi connectivity index (χ0v) is 14.2. The fraction of sp³-hybridized carbons (Fsp3) is 0.316. The van der Waals surface area contributed by atoms with Crippen LogP contribution in [0.1, 0.15) is 27.3 Å². The van der Waals surface area contributed by atoms with E-state index in [0.29, 0.717) is 17.9 Å². The summed E-state index contributed by atoms with van der Waals surface area (Å²) < 4.78 is 7.17. The number of rotatable bonds is 4. The maximum Gasteiger partial charge on any atom is 0.276 e. The molecule has 1 fully saturated rings. The quantitative estimate of drug-likeness (QED) is 0.755. The van der Waals surface area contributed by atoms with Gasteiger partial charge in [-0.1, -0.05) is 30.3 Å². The van der Waals surface area contributed by atoms with Gasteiger partial charge < -0.3 is 10.1 Å². The molecule has 1 aromatic carbocycles. The Morgan fingerprint density at radius 3 is 2.88 bits per heavy atom. The second kappa shape index (κ2) is 5.81. The van der Waals surface area contributed by atoms with Crippen molar-refractivity contribution in [1.29, 1.82) is 0 Å². The molecule has 1 amide bonds. The molecule has 0 saturated carbocycles. The molecule has 2 aliphatic rings. The third kappa shape index (κ3) is 2.61. The van der Waals surface area contributed by atoms with Crippen molar-refractivity contribution < 1.29 is 9.53 Å². The Morgan fingerprint density at radius 2 is 2.12 bits per heavy atom. The SMILES string of the molecule is O=C(Nc1cnn(Cc2ccccc2)c1)c1n[nH]c2c1CC1(COC1)C2. The second-order valence-corrected chi connectivity index (χ2v) is 7.24. The smallest absolute Gasteiger partial charge is 0.276 e. The highest BCUT2D eigenvalue weighted by Gasteiger charge is 2.46. The largest absolute Gasteiger partial charge is 0.380 e. The van der Waals surface area contributed by atoms with Crippen LogP contribution < -0.4 is 5.32 Å². The maximum atomic E-state index is 12.7. The van der Waals surface area contributed by atoms with Crippen molar-refractivity contribution >= 4 is 11.6 Å². The number of H-pyrrole nitrogens is 1. The highest BCUT2D eigenvalue weighted by Crippen LogP contribution is 2.42. The number of hydrogen-bond donors (Lipinski definition) is 2. The number of carbonyl (C=O) groups is 1. The standard InChI is InChI=1S/C19H19N5O2/c25-18(17-15-6-19(11-26-12-19)7-16(15)22-23-17)21-14-8-20-24(10-14)9-13-4-2-1-3-5-13/h1-5,8,10H,6-7,9,11-12H2,(H,21,25)(H,22,23). The van der Waals surface area contributed by atoms with Gasteiger partial charge in [0.2, 0.25) is 0 Å². The molecule has 0 unspecified atom stereocenters. The summed E-state index contributed by atoms with van der Waals surface area (Å²) in [6, 6.07) is 10.1. The summed E-state index contributed by atoms with van der Waals surface area (Å²) in [5, 5.41) is 14.5. The summed E-state index contributed by atoms with van der Waals surface area (Å²) in [5.41, 5.74) is 4.59. The van der Waals surface area contributed by atoms with Crippen LogP contribution in [0.5, 0.6) is 0 Å². The summed E-state index contributed by atoms with van der Waals surface area (Å²) in [4.78, 5) is 12.7. The van der Waals surface area contributed by atoms with Crippen LogP contribution in [0.4, 0.5) is 5.69 Å². The Labute approximate surface area is 150 Å². The number of ether oxygens (including phenoxy) is 1. The lowest BCUT2D eigenvalue weighted by Crippen LogP contribution is -2.43. The first-order valence-electron chi connectivity index (χ1n) is 8.72. The van der Waals surface area contributed by atoms with E-state index in [-0.39, 0.29) is 11.3 Å². The molecule has 0 radical (unpaired) electrons. The molecule has 7 heteroatoms. The van der Waals surface area contributed by atoms with E-state index in [1.165, 1.54) is 0 Å². The van der Waals surface area contributed by atoms with Crippen LogP contribution in [0, 0.1) is 5.41 Å². The number of hydrogen-bond acceptors (Lipinski definition) is 4. The lowest BCUT2D eigenvalue weighted by atomic mass is 9.83. The van der Waals surface area contributed by atoms with Crippen LogP contribution in [0.25, 0.3) is 0 Å². The van der Waals surface area contributed by atoms with Crippen LogP contribution in [0.3, 0.4) is 0 Å². The monoisotopic (exact) mass is 349 g/mol. The minimum Gasteiger partial charge on any atom is -0.380 e. The summed E-state index contributed by atoms with van der Waals surface area (Å²) in [6.07, 6.45) is 5.26. The van der Waals surface area contributed by atoms with Crippen LogP contribution in [0.2, 0.25) is 0 Å². The molecule has 0 atom stereocenters. The summed E-state index contributed by atoms with van der Waals surface area (Å²) in [6.45, 7) is 2.20. The normalized spacial score (nSPS) is 17.1. The summed E-state index contributed by atoms with van der Waals surface area (Å²) in [7, 11) is 0. The lowest BCUT2D eigenvalue weighted by molar-refractivity contribution is -0.106. The molecule has 1 saturated heterocycles. The fourth-order valence-electron chi connectivity index (χ4n) is 3.81. The first-order chi connectivity index (χ1) is 12.7. The van der Waals surface area contributed by atoms with E-state index >= 15 is 0 Å². The summed E-state index contributed by atoms with van der Waals surface area (Å²) in [5.74, 6) is -0.195. The van der Waals surface area contributed by atoms with Gasteiger partial charge in [-0.2, -0.15) is 10.2 Å². The van der Waals surface area contributed by atoms with Gasteiger partial charge >= 0.3 is 0 Å². The molecule has 2 N–H and O–H groups in total. The van der Waals surface area contributed by atoms with Gasteiger partial charge in [-0.25, -0.2) is 0 Å². The van der Waals surface area contributed by atoms with Crippen molar-refractivity contribution in [3.8, 4) is 0 Å². The molecule has 7 nitrogen and oxygen atoms in total. The molecule has 3 heterocycles. The minimum atomic E-state index is -0.195. The van der Waals surface area contributed by atoms with Gasteiger partial charge in [0.05, 0.1) is 31.6 Å². The van der Waals surface area contributed by atoms with Gasteiger partial charge in [-0.3, -0.25) is 14.6 Å². The van der Waals surface area contributed by atoms with Crippen molar-refractivity contribution in [2.75, 3.05) is 18.5 Å². The van der Waals surface area contributed by atoms with Crippen molar-refractivity contribution in [3.63, 3.8) is 0 Å². The molecule has 1 spiro atoms. The van der Waals surface area contributed by atoms with Gasteiger partial charge in [0.25, 0.3) is 5.91 Å². The average molecular weight is 349 g/mol. The number of nitrogens with zero attached hydrogens (tertiary/aromatic N) is 3. The van der Waals surface area contributed by atoms with Crippen molar-refractivity contribution in [2.24, 2.45) is 5.41 Å². The minimum absolute atomic E-state index is 0.180. The first-order valence-corrected chi connectivity index (χ1v) is 8.72. The molecular formula is C19H19N5O2. The molecular weight excluding hydrogens is 330 g/mol. The van der Waals surface area contributed by atoms with Crippen LogP contribution in [-0.2, 0) is 24.1 Å². The average Bonchev–Trinajstić information content (AvgIpc) is 3.29. The molecule has 1 aliphatic heterocycles. The van der Waals surface area contributed by atoms with Crippen LogP contribution in [-0.4, -0.2) is 39.1 Å². The molecule has 2 aromatic heterocycles. The molecule has 3 aromatic rings. The molecule has 1 aliphatic carbocycles. The number of aromatic amines is 1. The van der Waals surface area contributed by atoms with Gasteiger partial charge in [-0.15, -0.1) is 0 Å². The number of fused-ring (bicyclic) bond motifs is 1. The predicted octanol–water partition coefficient (Wildman–Crippen LogP) is 2.02. The molecule has 132 valence electrons. The first kappa shape index (κ1) is 15.3. The van der Waals surface area contributed by atoms with Crippen LogP contribution >= 0.6 is 0 Å². The topological polar surface area (TPSA) is 84.8 Å². The highest BCUT2D eigenvalue weighted by atomic mass is 16.5. The number of aromatic nitrogens is 4. The van der Waals surface area contributed by atoms with E-state index in [0.717, 1.165) is 42.9 Å². The van der Waals surface area contributed by atoms with Gasteiger partial charge in [0.15, 0.2) is 5.69 Å². The van der Waals surface area contributed by atoms with Gasteiger partial charge in [0.1, 0.15) is 0 Å². The molecule has 0 bridgehead atoms. The number of benzene rings is 1. The van der Waals surface area contributed by atoms with E-state index in [1.807, 2.05) is 36.5 Å². The third-order valence-corrected chi connectivity index (χ3v) is 5.17.